The molecule has 1 aromatic carbocycles. The van der Waals surface area contributed by atoms with Gasteiger partial charge in [-0.25, -0.2) is 0 Å². The molecule has 6 heteroatoms. The second kappa shape index (κ2) is 9.37. The molecule has 5 nitrogen and oxygen atoms in total. The summed E-state index contributed by atoms with van der Waals surface area (Å²) in [7, 11) is 1.59. The smallest absolute Gasteiger partial charge is 0.251 e. The first-order valence-corrected chi connectivity index (χ1v) is 6.83. The summed E-state index contributed by atoms with van der Waals surface area (Å²) < 4.78 is 0. The molecule has 0 saturated heterocycles. The number of nitrogens with two attached hydrogens (primary N) is 1. The number of amides is 2. The zero-order chi connectivity index (χ0) is 15.1. The lowest BCUT2D eigenvalue weighted by Crippen LogP contribution is -2.44. The van der Waals surface area contributed by atoms with Gasteiger partial charge in [0, 0.05) is 19.2 Å². The van der Waals surface area contributed by atoms with Gasteiger partial charge in [-0.15, -0.1) is 12.4 Å². The molecule has 1 rings (SSSR count). The lowest BCUT2D eigenvalue weighted by atomic mass is 9.99. The van der Waals surface area contributed by atoms with Gasteiger partial charge in [0.2, 0.25) is 5.91 Å². The Balaban J connectivity index is 0.00000400. The van der Waals surface area contributed by atoms with Crippen LogP contribution in [0.4, 0.5) is 0 Å². The summed E-state index contributed by atoms with van der Waals surface area (Å²) in [4.78, 5) is 23.4. The van der Waals surface area contributed by atoms with Gasteiger partial charge in [-0.2, -0.15) is 0 Å². The zero-order valence-corrected chi connectivity index (χ0v) is 13.5. The second-order valence-electron chi connectivity index (χ2n) is 4.91. The maximum Gasteiger partial charge on any atom is 0.251 e. The average Bonchev–Trinajstić information content (AvgIpc) is 2.50. The quantitative estimate of drug-likeness (QED) is 0.743. The summed E-state index contributed by atoms with van der Waals surface area (Å²) in [5, 5.41) is 5.37. The summed E-state index contributed by atoms with van der Waals surface area (Å²) in [5.41, 5.74) is 7.30. The highest BCUT2D eigenvalue weighted by atomic mass is 35.5. The van der Waals surface area contributed by atoms with E-state index in [2.05, 4.69) is 10.6 Å². The molecule has 0 fully saturated rings. The van der Waals surface area contributed by atoms with E-state index >= 15 is 0 Å². The van der Waals surface area contributed by atoms with Crippen molar-refractivity contribution in [3.8, 4) is 0 Å². The largest absolute Gasteiger partial charge is 0.355 e. The topological polar surface area (TPSA) is 84.2 Å². The fourth-order valence-electron chi connectivity index (χ4n) is 1.79. The number of carbonyl (C=O) groups is 2. The van der Waals surface area contributed by atoms with Crippen molar-refractivity contribution in [3.63, 3.8) is 0 Å². The third kappa shape index (κ3) is 5.73. The Kier molecular flexibility index (Phi) is 8.66. The molecular weight excluding hydrogens is 290 g/mol. The number of hydrogen-bond acceptors (Lipinski definition) is 3. The Morgan fingerprint density at radius 3 is 2.57 bits per heavy atom. The molecule has 21 heavy (non-hydrogen) atoms. The molecule has 0 spiro atoms. The Bertz CT molecular complexity index is 480. The molecule has 0 heterocycles. The van der Waals surface area contributed by atoms with Crippen molar-refractivity contribution in [2.45, 2.75) is 32.9 Å². The van der Waals surface area contributed by atoms with Crippen LogP contribution in [0.5, 0.6) is 0 Å². The van der Waals surface area contributed by atoms with E-state index in [0.29, 0.717) is 12.1 Å². The van der Waals surface area contributed by atoms with Gasteiger partial charge in [0.05, 0.1) is 6.04 Å². The van der Waals surface area contributed by atoms with Gasteiger partial charge in [0.25, 0.3) is 5.91 Å². The van der Waals surface area contributed by atoms with Gasteiger partial charge >= 0.3 is 0 Å². The van der Waals surface area contributed by atoms with Gasteiger partial charge < -0.3 is 16.4 Å². The van der Waals surface area contributed by atoms with E-state index in [0.717, 1.165) is 12.0 Å². The van der Waals surface area contributed by atoms with Crippen LogP contribution in [0, 0.1) is 5.92 Å². The molecule has 2 unspecified atom stereocenters. The van der Waals surface area contributed by atoms with Crippen LogP contribution in [0.2, 0.25) is 0 Å². The van der Waals surface area contributed by atoms with Crippen molar-refractivity contribution in [2.24, 2.45) is 11.7 Å². The summed E-state index contributed by atoms with van der Waals surface area (Å²) in [6, 6.07) is 6.65. The van der Waals surface area contributed by atoms with Crippen LogP contribution < -0.4 is 16.4 Å². The number of rotatable bonds is 6. The summed E-state index contributed by atoms with van der Waals surface area (Å²) in [6.45, 7) is 4.33. The normalized spacial score (nSPS) is 12.8. The zero-order valence-electron chi connectivity index (χ0n) is 12.7. The van der Waals surface area contributed by atoms with Crippen LogP contribution in [0.3, 0.4) is 0 Å². The van der Waals surface area contributed by atoms with Crippen LogP contribution >= 0.6 is 12.4 Å². The molecule has 0 radical (unpaired) electrons. The van der Waals surface area contributed by atoms with E-state index in [1.54, 1.807) is 25.2 Å². The van der Waals surface area contributed by atoms with Crippen LogP contribution in [-0.2, 0) is 11.3 Å². The molecule has 0 bridgehead atoms. The van der Waals surface area contributed by atoms with E-state index in [-0.39, 0.29) is 30.1 Å². The van der Waals surface area contributed by atoms with Gasteiger partial charge in [-0.05, 0) is 23.6 Å². The minimum Gasteiger partial charge on any atom is -0.355 e. The third-order valence-corrected chi connectivity index (χ3v) is 3.44. The fourth-order valence-corrected chi connectivity index (χ4v) is 1.79. The summed E-state index contributed by atoms with van der Waals surface area (Å²) in [6.07, 6.45) is 0.862. The van der Waals surface area contributed by atoms with E-state index in [9.17, 15) is 9.59 Å². The van der Waals surface area contributed by atoms with Crippen molar-refractivity contribution in [3.05, 3.63) is 35.4 Å². The van der Waals surface area contributed by atoms with E-state index in [4.69, 9.17) is 5.73 Å². The van der Waals surface area contributed by atoms with E-state index in [1.165, 1.54) is 0 Å². The number of nitrogens with one attached hydrogen (secondary N) is 2. The molecule has 2 atom stereocenters. The maximum absolute atomic E-state index is 11.9. The molecule has 0 aliphatic rings. The second-order valence-corrected chi connectivity index (χ2v) is 4.91. The molecule has 0 aliphatic carbocycles. The highest BCUT2D eigenvalue weighted by Gasteiger charge is 2.18. The Hall–Kier alpha value is -1.59. The van der Waals surface area contributed by atoms with Crippen LogP contribution in [0.1, 0.15) is 36.2 Å². The Morgan fingerprint density at radius 1 is 1.33 bits per heavy atom. The lowest BCUT2D eigenvalue weighted by Gasteiger charge is -2.17. The molecule has 2 amide bonds. The molecular formula is C15H24ClN3O2. The van der Waals surface area contributed by atoms with Crippen molar-refractivity contribution in [2.75, 3.05) is 7.05 Å². The minimum absolute atomic E-state index is 0. The number of hydrogen-bond donors (Lipinski definition) is 3. The lowest BCUT2D eigenvalue weighted by molar-refractivity contribution is -0.123. The van der Waals surface area contributed by atoms with Gasteiger partial charge in [0.1, 0.15) is 0 Å². The van der Waals surface area contributed by atoms with Crippen molar-refractivity contribution >= 4 is 24.2 Å². The summed E-state index contributed by atoms with van der Waals surface area (Å²) >= 11 is 0. The van der Waals surface area contributed by atoms with Crippen LogP contribution in [-0.4, -0.2) is 24.9 Å². The van der Waals surface area contributed by atoms with Gasteiger partial charge in [-0.3, -0.25) is 9.59 Å². The highest BCUT2D eigenvalue weighted by Crippen LogP contribution is 2.07. The molecule has 0 saturated carbocycles. The predicted molar refractivity (Wildman–Crippen MR) is 86.4 cm³/mol. The van der Waals surface area contributed by atoms with Crippen molar-refractivity contribution in [1.29, 1.82) is 0 Å². The molecule has 118 valence electrons. The van der Waals surface area contributed by atoms with E-state index < -0.39 is 6.04 Å². The maximum atomic E-state index is 11.9. The van der Waals surface area contributed by atoms with E-state index in [1.807, 2.05) is 19.9 Å². The molecule has 0 aromatic heterocycles. The van der Waals surface area contributed by atoms with Crippen molar-refractivity contribution in [1.82, 2.24) is 10.6 Å². The van der Waals surface area contributed by atoms with Crippen LogP contribution in [0.25, 0.3) is 0 Å². The predicted octanol–water partition coefficient (Wildman–Crippen LogP) is 1.46. The highest BCUT2D eigenvalue weighted by molar-refractivity contribution is 5.94. The third-order valence-electron chi connectivity index (χ3n) is 3.44. The number of benzene rings is 1. The Labute approximate surface area is 132 Å². The summed E-state index contributed by atoms with van der Waals surface area (Å²) in [5.74, 6) is -0.161. The van der Waals surface area contributed by atoms with Gasteiger partial charge in [-0.1, -0.05) is 32.4 Å². The number of halogens is 1. The van der Waals surface area contributed by atoms with Gasteiger partial charge in [0.15, 0.2) is 0 Å². The minimum atomic E-state index is -0.498. The first-order chi connectivity index (χ1) is 9.49. The Morgan fingerprint density at radius 2 is 2.00 bits per heavy atom. The monoisotopic (exact) mass is 313 g/mol. The average molecular weight is 314 g/mol. The molecule has 1 aromatic rings. The molecule has 0 aliphatic heterocycles. The first kappa shape index (κ1) is 19.4. The SMILES string of the molecule is CCC(C)C(N)C(=O)NCc1cccc(C(=O)NC)c1.Cl. The fraction of sp³-hybridized carbons (Fsp3) is 0.467. The number of carbonyl (C=O) groups excluding carboxylic acids is 2. The van der Waals surface area contributed by atoms with Crippen LogP contribution in [0.15, 0.2) is 24.3 Å². The van der Waals surface area contributed by atoms with Crippen molar-refractivity contribution < 1.29 is 9.59 Å². The first-order valence-electron chi connectivity index (χ1n) is 6.83. The molecule has 4 N–H and O–H groups in total. The standard InChI is InChI=1S/C15H23N3O2.ClH/c1-4-10(2)13(16)15(20)18-9-11-6-5-7-12(8-11)14(19)17-3;/h5-8,10,13H,4,9,16H2,1-3H3,(H,17,19)(H,18,20);1H.